The molecule has 100 valence electrons. The molecule has 2 aromatic rings. The summed E-state index contributed by atoms with van der Waals surface area (Å²) in [5.74, 6) is -0.191. The number of rotatable bonds is 4. The lowest BCUT2D eigenvalue weighted by molar-refractivity contribution is 0.245. The van der Waals surface area contributed by atoms with Crippen LogP contribution in [0.5, 0.6) is 0 Å². The van der Waals surface area contributed by atoms with Gasteiger partial charge in [-0.1, -0.05) is 29.8 Å². The van der Waals surface area contributed by atoms with Gasteiger partial charge in [0.2, 0.25) is 0 Å². The molecular weight excluding hydrogens is 265 g/mol. The van der Waals surface area contributed by atoms with Crippen LogP contribution in [0.2, 0.25) is 5.15 Å². The van der Waals surface area contributed by atoms with E-state index in [1.54, 1.807) is 18.3 Å². The van der Waals surface area contributed by atoms with Gasteiger partial charge >= 0.3 is 0 Å². The van der Waals surface area contributed by atoms with E-state index < -0.39 is 0 Å². The fraction of sp³-hybridized carbons (Fsp3) is 0.286. The molecule has 5 heteroatoms. The molecule has 0 fully saturated rings. The molecule has 1 aromatic heterocycles. The molecule has 1 aromatic carbocycles. The number of aromatic nitrogens is 2. The van der Waals surface area contributed by atoms with Crippen LogP contribution in [0.25, 0.3) is 0 Å². The summed E-state index contributed by atoms with van der Waals surface area (Å²) in [6.45, 7) is 2.54. The van der Waals surface area contributed by atoms with E-state index in [-0.39, 0.29) is 11.9 Å². The second-order valence-electron chi connectivity index (χ2n) is 4.44. The van der Waals surface area contributed by atoms with Gasteiger partial charge in [0, 0.05) is 18.2 Å². The summed E-state index contributed by atoms with van der Waals surface area (Å²) in [6.07, 6.45) is 3.14. The van der Waals surface area contributed by atoms with Gasteiger partial charge in [0.05, 0.1) is 18.1 Å². The number of nitrogens with zero attached hydrogens (tertiary/aromatic N) is 3. The molecule has 1 heterocycles. The maximum absolute atomic E-state index is 13.7. The van der Waals surface area contributed by atoms with Gasteiger partial charge in [0.15, 0.2) is 0 Å². The van der Waals surface area contributed by atoms with Gasteiger partial charge in [-0.15, -0.1) is 0 Å². The third kappa shape index (κ3) is 3.49. The van der Waals surface area contributed by atoms with E-state index >= 15 is 0 Å². The zero-order chi connectivity index (χ0) is 13.8. The first-order chi connectivity index (χ1) is 9.08. The van der Waals surface area contributed by atoms with E-state index in [0.717, 1.165) is 5.69 Å². The van der Waals surface area contributed by atoms with Crippen molar-refractivity contribution in [2.24, 2.45) is 0 Å². The second kappa shape index (κ2) is 6.08. The van der Waals surface area contributed by atoms with Gasteiger partial charge < -0.3 is 0 Å². The highest BCUT2D eigenvalue weighted by atomic mass is 35.5. The Hall–Kier alpha value is -1.52. The Morgan fingerprint density at radius 2 is 2.00 bits per heavy atom. The van der Waals surface area contributed by atoms with Crippen LogP contribution < -0.4 is 0 Å². The Labute approximate surface area is 117 Å². The summed E-state index contributed by atoms with van der Waals surface area (Å²) >= 11 is 5.69. The summed E-state index contributed by atoms with van der Waals surface area (Å²) in [5, 5.41) is 0.369. The minimum absolute atomic E-state index is 0.0429. The quantitative estimate of drug-likeness (QED) is 0.858. The molecule has 0 N–H and O–H groups in total. The topological polar surface area (TPSA) is 29.0 Å². The van der Waals surface area contributed by atoms with Gasteiger partial charge in [-0.25, -0.2) is 9.37 Å². The third-order valence-electron chi connectivity index (χ3n) is 3.10. The highest BCUT2D eigenvalue weighted by Gasteiger charge is 2.15. The van der Waals surface area contributed by atoms with Gasteiger partial charge in [0.1, 0.15) is 11.0 Å². The van der Waals surface area contributed by atoms with E-state index in [9.17, 15) is 4.39 Å². The van der Waals surface area contributed by atoms with Crippen molar-refractivity contribution in [3.63, 3.8) is 0 Å². The van der Waals surface area contributed by atoms with Gasteiger partial charge in [0.25, 0.3) is 0 Å². The zero-order valence-corrected chi connectivity index (χ0v) is 11.6. The normalized spacial score (nSPS) is 12.7. The summed E-state index contributed by atoms with van der Waals surface area (Å²) in [4.78, 5) is 10.2. The maximum Gasteiger partial charge on any atom is 0.147 e. The minimum Gasteiger partial charge on any atom is -0.294 e. The first kappa shape index (κ1) is 13.9. The van der Waals surface area contributed by atoms with Crippen LogP contribution in [0.15, 0.2) is 36.7 Å². The standard InChI is InChI=1S/C14H15ClFN3/c1-10(12-5-3-4-6-13(12)16)19(2)9-11-7-18-14(15)8-17-11/h3-8,10H,9H2,1-2H3. The molecule has 0 bridgehead atoms. The van der Waals surface area contributed by atoms with E-state index in [4.69, 9.17) is 11.6 Å². The molecule has 0 aliphatic heterocycles. The Morgan fingerprint density at radius 3 is 2.63 bits per heavy atom. The van der Waals surface area contributed by atoms with Crippen LogP contribution >= 0.6 is 11.6 Å². The molecule has 0 saturated heterocycles. The van der Waals surface area contributed by atoms with Crippen LogP contribution in [0.4, 0.5) is 4.39 Å². The lowest BCUT2D eigenvalue weighted by atomic mass is 10.1. The predicted molar refractivity (Wildman–Crippen MR) is 73.3 cm³/mol. The molecule has 0 amide bonds. The number of halogens is 2. The molecule has 0 aliphatic rings. The number of hydrogen-bond donors (Lipinski definition) is 0. The SMILES string of the molecule is CC(c1ccccc1F)N(C)Cc1cnc(Cl)cn1. The van der Waals surface area contributed by atoms with Crippen molar-refractivity contribution in [1.29, 1.82) is 0 Å². The lowest BCUT2D eigenvalue weighted by Gasteiger charge is -2.24. The Bertz CT molecular complexity index is 545. The van der Waals surface area contributed by atoms with Crippen LogP contribution in [0, 0.1) is 5.82 Å². The molecule has 19 heavy (non-hydrogen) atoms. The molecule has 0 saturated carbocycles. The average molecular weight is 280 g/mol. The predicted octanol–water partition coefficient (Wildman–Crippen LogP) is 3.46. The van der Waals surface area contributed by atoms with Crippen LogP contribution in [0.3, 0.4) is 0 Å². The second-order valence-corrected chi connectivity index (χ2v) is 4.83. The Morgan fingerprint density at radius 1 is 1.26 bits per heavy atom. The molecular formula is C14H15ClFN3. The van der Waals surface area contributed by atoms with Gasteiger partial charge in [-0.05, 0) is 20.0 Å². The first-order valence-electron chi connectivity index (χ1n) is 5.99. The first-order valence-corrected chi connectivity index (χ1v) is 6.37. The van der Waals surface area contributed by atoms with Crippen LogP contribution in [0.1, 0.15) is 24.2 Å². The zero-order valence-electron chi connectivity index (χ0n) is 10.8. The van der Waals surface area contributed by atoms with Crippen LogP contribution in [-0.4, -0.2) is 21.9 Å². The van der Waals surface area contributed by atoms with Gasteiger partial charge in [-0.2, -0.15) is 0 Å². The van der Waals surface area contributed by atoms with Crippen molar-refractivity contribution >= 4 is 11.6 Å². The monoisotopic (exact) mass is 279 g/mol. The lowest BCUT2D eigenvalue weighted by Crippen LogP contribution is -2.23. The molecule has 3 nitrogen and oxygen atoms in total. The Kier molecular flexibility index (Phi) is 4.45. The number of benzene rings is 1. The van der Waals surface area contributed by atoms with Crippen molar-refractivity contribution in [1.82, 2.24) is 14.9 Å². The highest BCUT2D eigenvalue weighted by molar-refractivity contribution is 6.29. The molecule has 1 atom stereocenters. The Balaban J connectivity index is 2.09. The molecule has 2 rings (SSSR count). The van der Waals surface area contributed by atoms with Crippen molar-refractivity contribution in [2.45, 2.75) is 19.5 Å². The van der Waals surface area contributed by atoms with Crippen molar-refractivity contribution < 1.29 is 4.39 Å². The molecule has 1 unspecified atom stereocenters. The fourth-order valence-corrected chi connectivity index (χ4v) is 1.96. The highest BCUT2D eigenvalue weighted by Crippen LogP contribution is 2.22. The number of hydrogen-bond acceptors (Lipinski definition) is 3. The third-order valence-corrected chi connectivity index (χ3v) is 3.30. The molecule has 0 radical (unpaired) electrons. The van der Waals surface area contributed by atoms with E-state index in [2.05, 4.69) is 9.97 Å². The van der Waals surface area contributed by atoms with Crippen molar-refractivity contribution in [3.05, 3.63) is 58.9 Å². The van der Waals surface area contributed by atoms with Crippen LogP contribution in [-0.2, 0) is 6.54 Å². The van der Waals surface area contributed by atoms with E-state index in [1.165, 1.54) is 12.3 Å². The average Bonchev–Trinajstić information content (AvgIpc) is 2.41. The van der Waals surface area contributed by atoms with Crippen molar-refractivity contribution in [3.8, 4) is 0 Å². The summed E-state index contributed by atoms with van der Waals surface area (Å²) < 4.78 is 13.7. The van der Waals surface area contributed by atoms with E-state index in [1.807, 2.05) is 24.9 Å². The van der Waals surface area contributed by atoms with Crippen molar-refractivity contribution in [2.75, 3.05) is 7.05 Å². The maximum atomic E-state index is 13.7. The van der Waals surface area contributed by atoms with E-state index in [0.29, 0.717) is 17.3 Å². The fourth-order valence-electron chi connectivity index (χ4n) is 1.86. The summed E-state index contributed by atoms with van der Waals surface area (Å²) in [7, 11) is 1.92. The molecule has 0 aliphatic carbocycles. The minimum atomic E-state index is -0.191. The van der Waals surface area contributed by atoms with Gasteiger partial charge in [-0.3, -0.25) is 9.88 Å². The largest absolute Gasteiger partial charge is 0.294 e. The molecule has 0 spiro atoms. The summed E-state index contributed by atoms with van der Waals surface area (Å²) in [6, 6.07) is 6.76. The smallest absolute Gasteiger partial charge is 0.147 e. The summed E-state index contributed by atoms with van der Waals surface area (Å²) in [5.41, 5.74) is 1.47.